The number of rotatable bonds is 6. The molecule has 6 heteroatoms. The molecule has 0 saturated carbocycles. The Morgan fingerprint density at radius 2 is 2.11 bits per heavy atom. The molecule has 1 atom stereocenters. The highest BCUT2D eigenvalue weighted by Crippen LogP contribution is 2.13. The number of sulfonamides is 1. The number of Topliss-reactive ketones (excluding diaryl/α,β-unsaturated/α-hetero) is 1. The van der Waals surface area contributed by atoms with Crippen molar-refractivity contribution in [2.45, 2.75) is 24.8 Å². The third kappa shape index (κ3) is 4.12. The van der Waals surface area contributed by atoms with Gasteiger partial charge in [-0.05, 0) is 32.2 Å². The first-order chi connectivity index (χ1) is 8.36. The second-order valence-corrected chi connectivity index (χ2v) is 6.69. The van der Waals surface area contributed by atoms with Crippen LogP contribution >= 0.6 is 11.8 Å². The summed E-state index contributed by atoms with van der Waals surface area (Å²) in [6.07, 6.45) is 1.92. The van der Waals surface area contributed by atoms with Gasteiger partial charge in [0.25, 0.3) is 0 Å². The fourth-order valence-electron chi connectivity index (χ4n) is 1.50. The molecule has 4 nitrogen and oxygen atoms in total. The number of hydrogen-bond acceptors (Lipinski definition) is 4. The summed E-state index contributed by atoms with van der Waals surface area (Å²) in [7, 11) is -3.55. The Hall–Kier alpha value is -0.850. The van der Waals surface area contributed by atoms with Crippen molar-refractivity contribution >= 4 is 27.6 Å². The summed E-state index contributed by atoms with van der Waals surface area (Å²) in [5.74, 6) is 0.551. The summed E-state index contributed by atoms with van der Waals surface area (Å²) in [6, 6.07) is 5.92. The van der Waals surface area contributed by atoms with Gasteiger partial charge >= 0.3 is 0 Å². The standard InChI is InChI=1S/C12H17NO3S2/c1-9(8-17-3)13-18(15,16)12-6-4-5-11(7-12)10(2)14/h4-7,9,13H,8H2,1-3H3. The molecule has 1 aromatic rings. The van der Waals surface area contributed by atoms with Crippen molar-refractivity contribution in [1.82, 2.24) is 4.72 Å². The zero-order chi connectivity index (χ0) is 13.8. The van der Waals surface area contributed by atoms with E-state index in [1.54, 1.807) is 23.9 Å². The Balaban J connectivity index is 2.98. The lowest BCUT2D eigenvalue weighted by Gasteiger charge is -2.13. The van der Waals surface area contributed by atoms with Crippen LogP contribution in [0.15, 0.2) is 29.2 Å². The fraction of sp³-hybridized carbons (Fsp3) is 0.417. The second-order valence-electron chi connectivity index (χ2n) is 4.06. The lowest BCUT2D eigenvalue weighted by molar-refractivity contribution is 0.101. The molecule has 0 fully saturated rings. The van der Waals surface area contributed by atoms with Crippen molar-refractivity contribution in [3.8, 4) is 0 Å². The second kappa shape index (κ2) is 6.36. The molecule has 0 amide bonds. The van der Waals surface area contributed by atoms with E-state index in [1.165, 1.54) is 19.1 Å². The van der Waals surface area contributed by atoms with E-state index in [0.717, 1.165) is 0 Å². The van der Waals surface area contributed by atoms with E-state index in [0.29, 0.717) is 11.3 Å². The van der Waals surface area contributed by atoms with Crippen LogP contribution in [0.4, 0.5) is 0 Å². The average molecular weight is 287 g/mol. The van der Waals surface area contributed by atoms with Crippen LogP contribution in [0.1, 0.15) is 24.2 Å². The van der Waals surface area contributed by atoms with Crippen molar-refractivity contribution in [2.24, 2.45) is 0 Å². The molecule has 0 aliphatic rings. The van der Waals surface area contributed by atoms with Gasteiger partial charge in [0.15, 0.2) is 5.78 Å². The number of carbonyl (C=O) groups excluding carboxylic acids is 1. The van der Waals surface area contributed by atoms with Crippen LogP contribution in [-0.2, 0) is 10.0 Å². The number of hydrogen-bond donors (Lipinski definition) is 1. The molecule has 0 radical (unpaired) electrons. The van der Waals surface area contributed by atoms with E-state index in [4.69, 9.17) is 0 Å². The number of nitrogens with one attached hydrogen (secondary N) is 1. The fourth-order valence-corrected chi connectivity index (χ4v) is 3.48. The molecule has 0 aromatic heterocycles. The van der Waals surface area contributed by atoms with Crippen LogP contribution in [0.3, 0.4) is 0 Å². The summed E-state index contributed by atoms with van der Waals surface area (Å²) >= 11 is 1.57. The van der Waals surface area contributed by atoms with Crippen LogP contribution in [0.5, 0.6) is 0 Å². The molecular formula is C12H17NO3S2. The zero-order valence-corrected chi connectivity index (χ0v) is 12.3. The first-order valence-electron chi connectivity index (χ1n) is 5.49. The minimum Gasteiger partial charge on any atom is -0.295 e. The van der Waals surface area contributed by atoms with E-state index in [2.05, 4.69) is 4.72 Å². The van der Waals surface area contributed by atoms with Crippen molar-refractivity contribution < 1.29 is 13.2 Å². The van der Waals surface area contributed by atoms with E-state index in [1.807, 2.05) is 13.2 Å². The summed E-state index contributed by atoms with van der Waals surface area (Å²) in [5, 5.41) is 0. The summed E-state index contributed by atoms with van der Waals surface area (Å²) in [5.41, 5.74) is 0.399. The van der Waals surface area contributed by atoms with Gasteiger partial charge in [-0.15, -0.1) is 0 Å². The highest BCUT2D eigenvalue weighted by atomic mass is 32.2. The van der Waals surface area contributed by atoms with Gasteiger partial charge in [0, 0.05) is 17.4 Å². The number of thioether (sulfide) groups is 1. The maximum Gasteiger partial charge on any atom is 0.240 e. The van der Waals surface area contributed by atoms with E-state index in [-0.39, 0.29) is 16.7 Å². The van der Waals surface area contributed by atoms with Gasteiger partial charge in [-0.25, -0.2) is 13.1 Å². The normalized spacial score (nSPS) is 13.3. The minimum absolute atomic E-state index is 0.128. The molecule has 1 rings (SSSR count). The average Bonchev–Trinajstić information content (AvgIpc) is 2.28. The summed E-state index contributed by atoms with van der Waals surface area (Å²) in [6.45, 7) is 3.22. The van der Waals surface area contributed by atoms with Crippen LogP contribution in [-0.4, -0.2) is 32.3 Å². The number of ketones is 1. The van der Waals surface area contributed by atoms with Gasteiger partial charge < -0.3 is 0 Å². The predicted molar refractivity (Wildman–Crippen MR) is 74.6 cm³/mol. The molecule has 100 valence electrons. The van der Waals surface area contributed by atoms with Gasteiger partial charge in [-0.2, -0.15) is 11.8 Å². The maximum atomic E-state index is 12.1. The largest absolute Gasteiger partial charge is 0.295 e. The first-order valence-corrected chi connectivity index (χ1v) is 8.37. The Morgan fingerprint density at radius 3 is 2.67 bits per heavy atom. The topological polar surface area (TPSA) is 63.2 Å². The van der Waals surface area contributed by atoms with E-state index in [9.17, 15) is 13.2 Å². The molecule has 0 saturated heterocycles. The smallest absolute Gasteiger partial charge is 0.240 e. The van der Waals surface area contributed by atoms with E-state index >= 15 is 0 Å². The molecular weight excluding hydrogens is 270 g/mol. The van der Waals surface area contributed by atoms with Gasteiger partial charge in [-0.1, -0.05) is 12.1 Å². The molecule has 1 aromatic carbocycles. The molecule has 1 unspecified atom stereocenters. The maximum absolute atomic E-state index is 12.1. The Kier molecular flexibility index (Phi) is 5.37. The molecule has 0 aliphatic heterocycles. The molecule has 18 heavy (non-hydrogen) atoms. The summed E-state index contributed by atoms with van der Waals surface area (Å²) < 4.78 is 26.7. The third-order valence-electron chi connectivity index (χ3n) is 2.32. The zero-order valence-electron chi connectivity index (χ0n) is 10.6. The van der Waals surface area contributed by atoms with Gasteiger partial charge in [-0.3, -0.25) is 4.79 Å². The van der Waals surface area contributed by atoms with E-state index < -0.39 is 10.0 Å². The minimum atomic E-state index is -3.55. The highest BCUT2D eigenvalue weighted by molar-refractivity contribution is 7.98. The van der Waals surface area contributed by atoms with Crippen LogP contribution < -0.4 is 4.72 Å². The Labute approximate surface area is 112 Å². The number of benzene rings is 1. The monoisotopic (exact) mass is 287 g/mol. The number of carbonyl (C=O) groups is 1. The summed E-state index contributed by atoms with van der Waals surface area (Å²) in [4.78, 5) is 11.4. The molecule has 0 heterocycles. The van der Waals surface area contributed by atoms with Gasteiger partial charge in [0.2, 0.25) is 10.0 Å². The van der Waals surface area contributed by atoms with Crippen LogP contribution in [0.2, 0.25) is 0 Å². The Morgan fingerprint density at radius 1 is 1.44 bits per heavy atom. The Bertz CT molecular complexity index is 526. The van der Waals surface area contributed by atoms with Crippen LogP contribution in [0.25, 0.3) is 0 Å². The lowest BCUT2D eigenvalue weighted by atomic mass is 10.2. The van der Waals surface area contributed by atoms with Gasteiger partial charge in [0.05, 0.1) is 4.90 Å². The third-order valence-corrected chi connectivity index (χ3v) is 4.74. The predicted octanol–water partition coefficient (Wildman–Crippen LogP) is 1.92. The van der Waals surface area contributed by atoms with Crippen molar-refractivity contribution in [3.63, 3.8) is 0 Å². The lowest BCUT2D eigenvalue weighted by Crippen LogP contribution is -2.34. The first kappa shape index (κ1) is 15.2. The highest BCUT2D eigenvalue weighted by Gasteiger charge is 2.17. The SMILES string of the molecule is CSCC(C)NS(=O)(=O)c1cccc(C(C)=O)c1. The van der Waals surface area contributed by atoms with Crippen molar-refractivity contribution in [2.75, 3.05) is 12.0 Å². The van der Waals surface area contributed by atoms with Crippen LogP contribution in [0, 0.1) is 0 Å². The van der Waals surface area contributed by atoms with Gasteiger partial charge in [0.1, 0.15) is 0 Å². The van der Waals surface area contributed by atoms with Crippen molar-refractivity contribution in [3.05, 3.63) is 29.8 Å². The van der Waals surface area contributed by atoms with Crippen molar-refractivity contribution in [1.29, 1.82) is 0 Å². The molecule has 1 N–H and O–H groups in total. The molecule has 0 spiro atoms. The molecule has 0 aliphatic carbocycles. The quantitative estimate of drug-likeness (QED) is 0.812. The molecule has 0 bridgehead atoms.